The van der Waals surface area contributed by atoms with E-state index in [9.17, 15) is 0 Å². The van der Waals surface area contributed by atoms with E-state index >= 15 is 0 Å². The van der Waals surface area contributed by atoms with Crippen LogP contribution in [-0.4, -0.2) is 14.2 Å². The van der Waals surface area contributed by atoms with Crippen molar-refractivity contribution in [3.05, 3.63) is 35.4 Å². The molecular formula is C12H14O2. The van der Waals surface area contributed by atoms with Crippen LogP contribution in [0.3, 0.4) is 0 Å². The Hall–Kier alpha value is -1.30. The van der Waals surface area contributed by atoms with Crippen molar-refractivity contribution in [2.45, 2.75) is 13.2 Å². The van der Waals surface area contributed by atoms with Crippen LogP contribution in [0.15, 0.2) is 24.3 Å². The van der Waals surface area contributed by atoms with Gasteiger partial charge in [-0.1, -0.05) is 24.1 Å². The molecule has 0 aliphatic carbocycles. The summed E-state index contributed by atoms with van der Waals surface area (Å²) < 4.78 is 10.4. The van der Waals surface area contributed by atoms with Crippen LogP contribution in [0.5, 0.6) is 0 Å². The molecule has 74 valence electrons. The first-order valence-electron chi connectivity index (χ1n) is 4.40. The van der Waals surface area contributed by atoms with E-state index in [2.05, 4.69) is 11.8 Å². The lowest BCUT2D eigenvalue weighted by Crippen LogP contribution is -2.05. The molecule has 14 heavy (non-hydrogen) atoms. The van der Waals surface area contributed by atoms with Gasteiger partial charge in [0.25, 0.3) is 0 Å². The molecule has 0 atom stereocenters. The van der Waals surface area contributed by atoms with Gasteiger partial charge in [0.1, 0.15) is 0 Å². The third-order valence-electron chi connectivity index (χ3n) is 1.90. The fourth-order valence-corrected chi connectivity index (χ4v) is 1.30. The third-order valence-corrected chi connectivity index (χ3v) is 1.90. The third kappa shape index (κ3) is 2.35. The summed E-state index contributed by atoms with van der Waals surface area (Å²) >= 11 is 0. The molecule has 1 rings (SSSR count). The quantitative estimate of drug-likeness (QED) is 0.538. The van der Waals surface area contributed by atoms with E-state index < -0.39 is 0 Å². The molecule has 0 aliphatic rings. The molecule has 0 N–H and O–H groups in total. The minimum atomic E-state index is -0.341. The number of rotatable bonds is 3. The topological polar surface area (TPSA) is 18.5 Å². The highest BCUT2D eigenvalue weighted by Gasteiger charge is 2.11. The Morgan fingerprint density at radius 2 is 1.79 bits per heavy atom. The Bertz CT molecular complexity index is 343. The van der Waals surface area contributed by atoms with E-state index in [4.69, 9.17) is 9.47 Å². The lowest BCUT2D eigenvalue weighted by atomic mass is 10.1. The van der Waals surface area contributed by atoms with E-state index in [-0.39, 0.29) is 6.29 Å². The molecule has 0 heterocycles. The zero-order valence-electron chi connectivity index (χ0n) is 8.70. The molecule has 0 aliphatic heterocycles. The summed E-state index contributed by atoms with van der Waals surface area (Å²) in [6.45, 7) is 1.81. The SMILES string of the molecule is CC#Cc1ccccc1C(OC)OC. The first-order chi connectivity index (χ1) is 6.83. The number of hydrogen-bond acceptors (Lipinski definition) is 2. The Labute approximate surface area is 84.8 Å². The van der Waals surface area contributed by atoms with Crippen molar-refractivity contribution in [2.75, 3.05) is 14.2 Å². The summed E-state index contributed by atoms with van der Waals surface area (Å²) in [7, 11) is 3.23. The molecule has 0 unspecified atom stereocenters. The lowest BCUT2D eigenvalue weighted by molar-refractivity contribution is -0.106. The van der Waals surface area contributed by atoms with Crippen molar-refractivity contribution >= 4 is 0 Å². The van der Waals surface area contributed by atoms with Crippen molar-refractivity contribution in [1.82, 2.24) is 0 Å². The summed E-state index contributed by atoms with van der Waals surface area (Å²) in [5.74, 6) is 5.88. The smallest absolute Gasteiger partial charge is 0.184 e. The van der Waals surface area contributed by atoms with Gasteiger partial charge in [0.05, 0.1) is 0 Å². The molecule has 1 aromatic carbocycles. The minimum absolute atomic E-state index is 0.341. The van der Waals surface area contributed by atoms with E-state index in [1.54, 1.807) is 14.2 Å². The average Bonchev–Trinajstić information content (AvgIpc) is 2.23. The zero-order valence-corrected chi connectivity index (χ0v) is 8.70. The number of methoxy groups -OCH3 is 2. The van der Waals surface area contributed by atoms with Crippen LogP contribution in [0.4, 0.5) is 0 Å². The lowest BCUT2D eigenvalue weighted by Gasteiger charge is -2.14. The van der Waals surface area contributed by atoms with E-state index in [1.165, 1.54) is 0 Å². The highest BCUT2D eigenvalue weighted by atomic mass is 16.7. The van der Waals surface area contributed by atoms with Crippen LogP contribution in [-0.2, 0) is 9.47 Å². The number of benzene rings is 1. The van der Waals surface area contributed by atoms with Gasteiger partial charge in [-0.3, -0.25) is 0 Å². The Morgan fingerprint density at radius 3 is 2.36 bits per heavy atom. The van der Waals surface area contributed by atoms with Gasteiger partial charge < -0.3 is 9.47 Å². The maximum Gasteiger partial charge on any atom is 0.184 e. The molecule has 0 saturated carbocycles. The minimum Gasteiger partial charge on any atom is -0.352 e. The molecule has 1 aromatic rings. The monoisotopic (exact) mass is 190 g/mol. The second-order valence-electron chi connectivity index (χ2n) is 2.77. The highest BCUT2D eigenvalue weighted by Crippen LogP contribution is 2.20. The average molecular weight is 190 g/mol. The summed E-state index contributed by atoms with van der Waals surface area (Å²) in [5.41, 5.74) is 1.91. The molecule has 0 saturated heterocycles. The zero-order chi connectivity index (χ0) is 10.4. The molecule has 0 bridgehead atoms. The summed E-state index contributed by atoms with van der Waals surface area (Å²) in [5, 5.41) is 0. The Balaban J connectivity index is 3.09. The van der Waals surface area contributed by atoms with Crippen LogP contribution in [0.2, 0.25) is 0 Å². The fraction of sp³-hybridized carbons (Fsp3) is 0.333. The molecule has 2 heteroatoms. The van der Waals surface area contributed by atoms with Crippen molar-refractivity contribution in [1.29, 1.82) is 0 Å². The molecule has 0 fully saturated rings. The number of hydrogen-bond donors (Lipinski definition) is 0. The molecule has 0 amide bonds. The van der Waals surface area contributed by atoms with Crippen molar-refractivity contribution in [3.63, 3.8) is 0 Å². The predicted octanol–water partition coefficient (Wildman–Crippen LogP) is 2.35. The summed E-state index contributed by atoms with van der Waals surface area (Å²) in [4.78, 5) is 0. The molecular weight excluding hydrogens is 176 g/mol. The standard InChI is InChI=1S/C12H14O2/c1-4-7-10-8-5-6-9-11(10)12(13-2)14-3/h5-6,8-9,12H,1-3H3. The van der Waals surface area contributed by atoms with Gasteiger partial charge in [0.15, 0.2) is 6.29 Å². The summed E-state index contributed by atoms with van der Waals surface area (Å²) in [6.07, 6.45) is -0.341. The Kier molecular flexibility index (Phi) is 4.18. The van der Waals surface area contributed by atoms with E-state index in [0.29, 0.717) is 0 Å². The first kappa shape index (κ1) is 10.8. The van der Waals surface area contributed by atoms with Crippen LogP contribution in [0.1, 0.15) is 24.3 Å². The summed E-state index contributed by atoms with van der Waals surface area (Å²) in [6, 6.07) is 7.81. The second-order valence-corrected chi connectivity index (χ2v) is 2.77. The van der Waals surface area contributed by atoms with Gasteiger partial charge in [-0.15, -0.1) is 5.92 Å². The fourth-order valence-electron chi connectivity index (χ4n) is 1.30. The maximum atomic E-state index is 5.18. The van der Waals surface area contributed by atoms with Gasteiger partial charge in [0.2, 0.25) is 0 Å². The molecule has 2 nitrogen and oxygen atoms in total. The van der Waals surface area contributed by atoms with Crippen molar-refractivity contribution in [3.8, 4) is 11.8 Å². The van der Waals surface area contributed by atoms with Crippen molar-refractivity contribution < 1.29 is 9.47 Å². The second kappa shape index (κ2) is 5.43. The van der Waals surface area contributed by atoms with E-state index in [0.717, 1.165) is 11.1 Å². The number of ether oxygens (including phenoxy) is 2. The molecule has 0 aromatic heterocycles. The predicted molar refractivity (Wildman–Crippen MR) is 55.8 cm³/mol. The Morgan fingerprint density at radius 1 is 1.14 bits per heavy atom. The van der Waals surface area contributed by atoms with Gasteiger partial charge >= 0.3 is 0 Å². The largest absolute Gasteiger partial charge is 0.352 e. The molecule has 0 spiro atoms. The van der Waals surface area contributed by atoms with Crippen LogP contribution < -0.4 is 0 Å². The van der Waals surface area contributed by atoms with E-state index in [1.807, 2.05) is 31.2 Å². The van der Waals surface area contributed by atoms with Crippen molar-refractivity contribution in [2.24, 2.45) is 0 Å². The first-order valence-corrected chi connectivity index (χ1v) is 4.40. The maximum absolute atomic E-state index is 5.18. The van der Waals surface area contributed by atoms with Crippen LogP contribution >= 0.6 is 0 Å². The van der Waals surface area contributed by atoms with Gasteiger partial charge in [-0.05, 0) is 13.0 Å². The van der Waals surface area contributed by atoms with Crippen LogP contribution in [0.25, 0.3) is 0 Å². The molecule has 0 radical (unpaired) electrons. The normalized spacial score (nSPS) is 9.71. The highest BCUT2D eigenvalue weighted by molar-refractivity contribution is 5.41. The van der Waals surface area contributed by atoms with Gasteiger partial charge in [0, 0.05) is 25.3 Å². The van der Waals surface area contributed by atoms with Gasteiger partial charge in [-0.25, -0.2) is 0 Å². The van der Waals surface area contributed by atoms with Gasteiger partial charge in [-0.2, -0.15) is 0 Å². The van der Waals surface area contributed by atoms with Crippen LogP contribution in [0, 0.1) is 11.8 Å².